The molecule has 38 heavy (non-hydrogen) atoms. The van der Waals surface area contributed by atoms with Crippen LogP contribution in [-0.2, 0) is 0 Å². The molecule has 0 saturated carbocycles. The lowest BCUT2D eigenvalue weighted by Crippen LogP contribution is -2.34. The van der Waals surface area contributed by atoms with Crippen LogP contribution < -0.4 is 20.1 Å². The van der Waals surface area contributed by atoms with Gasteiger partial charge in [0.05, 0.1) is 29.4 Å². The summed E-state index contributed by atoms with van der Waals surface area (Å²) in [4.78, 5) is 14.7. The predicted molar refractivity (Wildman–Crippen MR) is 157 cm³/mol. The number of methoxy groups -OCH3 is 1. The SMILES string of the molecule is CCOc1ccc(-n2nc3cc(C)c(NC(=S)NC(=O)c4cc5ccccc5c(Br)c4OC)cc3n2)cc1. The number of nitrogens with zero attached hydrogens (tertiary/aromatic N) is 3. The molecule has 1 heterocycles. The standard InChI is InChI=1S/C28H24BrN5O3S/c1-4-37-19-11-9-18(10-12-19)34-32-23-13-16(2)22(15-24(23)33-34)30-28(38)31-27(35)21-14-17-7-5-6-8-20(17)25(29)26(21)36-3/h5-15H,4H2,1-3H3,(H2,30,31,35,38). The van der Waals surface area contributed by atoms with E-state index in [2.05, 4.69) is 36.8 Å². The van der Waals surface area contributed by atoms with E-state index in [0.29, 0.717) is 33.6 Å². The minimum Gasteiger partial charge on any atom is -0.495 e. The summed E-state index contributed by atoms with van der Waals surface area (Å²) in [5.74, 6) is 0.845. The Morgan fingerprint density at radius 1 is 1.05 bits per heavy atom. The van der Waals surface area contributed by atoms with Crippen molar-refractivity contribution in [1.29, 1.82) is 0 Å². The van der Waals surface area contributed by atoms with E-state index in [0.717, 1.165) is 33.3 Å². The smallest absolute Gasteiger partial charge is 0.261 e. The van der Waals surface area contributed by atoms with E-state index in [1.807, 2.05) is 74.5 Å². The van der Waals surface area contributed by atoms with Gasteiger partial charge in [-0.05, 0) is 101 Å². The minimum absolute atomic E-state index is 0.155. The van der Waals surface area contributed by atoms with Crippen LogP contribution in [0.3, 0.4) is 0 Å². The monoisotopic (exact) mass is 589 g/mol. The van der Waals surface area contributed by atoms with Crippen molar-refractivity contribution in [3.63, 3.8) is 0 Å². The number of nitrogens with one attached hydrogen (secondary N) is 2. The van der Waals surface area contributed by atoms with Crippen LogP contribution in [0.15, 0.2) is 71.2 Å². The molecule has 0 saturated heterocycles. The van der Waals surface area contributed by atoms with E-state index in [1.165, 1.54) is 7.11 Å². The van der Waals surface area contributed by atoms with E-state index >= 15 is 0 Å². The Kier molecular flexibility index (Phi) is 7.26. The highest BCUT2D eigenvalue weighted by Gasteiger charge is 2.19. The van der Waals surface area contributed by atoms with Crippen molar-refractivity contribution >= 4 is 66.7 Å². The van der Waals surface area contributed by atoms with Crippen LogP contribution in [0.2, 0.25) is 0 Å². The summed E-state index contributed by atoms with van der Waals surface area (Å²) in [5, 5.41) is 17.1. The maximum atomic E-state index is 13.2. The van der Waals surface area contributed by atoms with Crippen LogP contribution in [0.1, 0.15) is 22.8 Å². The second-order valence-corrected chi connectivity index (χ2v) is 9.67. The Morgan fingerprint density at radius 2 is 1.76 bits per heavy atom. The molecule has 5 aromatic rings. The lowest BCUT2D eigenvalue weighted by atomic mass is 10.1. The van der Waals surface area contributed by atoms with Gasteiger partial charge in [-0.15, -0.1) is 10.2 Å². The van der Waals surface area contributed by atoms with Crippen molar-refractivity contribution in [1.82, 2.24) is 20.3 Å². The van der Waals surface area contributed by atoms with Gasteiger partial charge in [0.25, 0.3) is 5.91 Å². The summed E-state index contributed by atoms with van der Waals surface area (Å²) in [6, 6.07) is 20.9. The number of carbonyl (C=O) groups excluding carboxylic acids is 1. The first-order valence-corrected chi connectivity index (χ1v) is 13.1. The molecule has 0 radical (unpaired) electrons. The third-order valence-corrected chi connectivity index (χ3v) is 6.96. The van der Waals surface area contributed by atoms with E-state index in [-0.39, 0.29) is 11.0 Å². The molecular weight excluding hydrogens is 566 g/mol. The molecule has 0 aliphatic carbocycles. The molecule has 2 N–H and O–H groups in total. The van der Waals surface area contributed by atoms with Crippen LogP contribution >= 0.6 is 28.1 Å². The summed E-state index contributed by atoms with van der Waals surface area (Å²) in [6.07, 6.45) is 0. The van der Waals surface area contributed by atoms with Gasteiger partial charge in [-0.25, -0.2) is 0 Å². The van der Waals surface area contributed by atoms with Gasteiger partial charge < -0.3 is 14.8 Å². The van der Waals surface area contributed by atoms with Gasteiger partial charge in [-0.2, -0.15) is 4.80 Å². The molecule has 0 fully saturated rings. The fraction of sp³-hybridized carbons (Fsp3) is 0.143. The van der Waals surface area contributed by atoms with Gasteiger partial charge in [-0.3, -0.25) is 10.1 Å². The van der Waals surface area contributed by atoms with Gasteiger partial charge >= 0.3 is 0 Å². The lowest BCUT2D eigenvalue weighted by Gasteiger charge is -2.15. The fourth-order valence-electron chi connectivity index (χ4n) is 4.14. The fourth-order valence-corrected chi connectivity index (χ4v) is 5.08. The van der Waals surface area contributed by atoms with Gasteiger partial charge in [0.2, 0.25) is 0 Å². The van der Waals surface area contributed by atoms with Crippen LogP contribution in [-0.4, -0.2) is 39.7 Å². The first kappa shape index (κ1) is 25.6. The third kappa shape index (κ3) is 5.05. The Balaban J connectivity index is 1.36. The summed E-state index contributed by atoms with van der Waals surface area (Å²) in [7, 11) is 1.53. The molecule has 4 aromatic carbocycles. The molecule has 5 rings (SSSR count). The number of aromatic nitrogens is 3. The number of benzene rings is 4. The number of ether oxygens (including phenoxy) is 2. The van der Waals surface area contributed by atoms with E-state index < -0.39 is 0 Å². The van der Waals surface area contributed by atoms with Crippen molar-refractivity contribution in [2.75, 3.05) is 19.0 Å². The largest absolute Gasteiger partial charge is 0.495 e. The molecule has 8 nitrogen and oxygen atoms in total. The van der Waals surface area contributed by atoms with E-state index in [9.17, 15) is 4.79 Å². The second-order valence-electron chi connectivity index (χ2n) is 8.47. The topological polar surface area (TPSA) is 90.3 Å². The molecule has 1 amide bonds. The molecule has 0 bridgehead atoms. The summed E-state index contributed by atoms with van der Waals surface area (Å²) < 4.78 is 11.7. The van der Waals surface area contributed by atoms with Crippen molar-refractivity contribution in [2.45, 2.75) is 13.8 Å². The predicted octanol–water partition coefficient (Wildman–Crippen LogP) is 6.18. The maximum absolute atomic E-state index is 13.2. The molecule has 0 aliphatic heterocycles. The molecule has 1 aromatic heterocycles. The van der Waals surface area contributed by atoms with Crippen LogP contribution in [0.25, 0.3) is 27.5 Å². The number of carbonyl (C=O) groups is 1. The van der Waals surface area contributed by atoms with Crippen molar-refractivity contribution in [2.24, 2.45) is 0 Å². The summed E-state index contributed by atoms with van der Waals surface area (Å²) >= 11 is 9.04. The highest BCUT2D eigenvalue weighted by atomic mass is 79.9. The highest BCUT2D eigenvalue weighted by Crippen LogP contribution is 2.36. The Labute approximate surface area is 233 Å². The zero-order valence-electron chi connectivity index (χ0n) is 20.9. The van der Waals surface area contributed by atoms with Gasteiger partial charge in [-0.1, -0.05) is 24.3 Å². The molecule has 192 valence electrons. The van der Waals surface area contributed by atoms with Crippen LogP contribution in [0.4, 0.5) is 5.69 Å². The van der Waals surface area contributed by atoms with E-state index in [1.54, 1.807) is 10.9 Å². The van der Waals surface area contributed by atoms with E-state index in [4.69, 9.17) is 21.7 Å². The number of anilines is 1. The van der Waals surface area contributed by atoms with Gasteiger partial charge in [0.1, 0.15) is 22.5 Å². The van der Waals surface area contributed by atoms with Crippen molar-refractivity contribution < 1.29 is 14.3 Å². The molecule has 0 spiro atoms. The van der Waals surface area contributed by atoms with Crippen molar-refractivity contribution in [3.8, 4) is 17.2 Å². The van der Waals surface area contributed by atoms with Gasteiger partial charge in [0, 0.05) is 5.69 Å². The number of thiocarbonyl (C=S) groups is 1. The number of halogens is 1. The van der Waals surface area contributed by atoms with Crippen LogP contribution in [0, 0.1) is 6.92 Å². The first-order chi connectivity index (χ1) is 18.4. The molecule has 0 unspecified atom stereocenters. The number of hydrogen-bond donors (Lipinski definition) is 2. The Morgan fingerprint density at radius 3 is 2.47 bits per heavy atom. The number of hydrogen-bond acceptors (Lipinski definition) is 6. The average molecular weight is 591 g/mol. The second kappa shape index (κ2) is 10.8. The molecular formula is C28H24BrN5O3S. The zero-order chi connectivity index (χ0) is 26.8. The average Bonchev–Trinajstić information content (AvgIpc) is 3.32. The molecule has 10 heteroatoms. The number of amides is 1. The number of fused-ring (bicyclic) bond motifs is 2. The summed E-state index contributed by atoms with van der Waals surface area (Å²) in [5.41, 5.74) is 4.22. The quantitative estimate of drug-likeness (QED) is 0.228. The highest BCUT2D eigenvalue weighted by molar-refractivity contribution is 9.10. The number of aryl methyl sites for hydroxylation is 1. The van der Waals surface area contributed by atoms with Gasteiger partial charge in [0.15, 0.2) is 5.11 Å². The minimum atomic E-state index is -0.383. The molecule has 0 atom stereocenters. The summed E-state index contributed by atoms with van der Waals surface area (Å²) in [6.45, 7) is 4.49. The normalized spacial score (nSPS) is 10.9. The Hall–Kier alpha value is -4.02. The van der Waals surface area contributed by atoms with Crippen molar-refractivity contribution in [3.05, 3.63) is 82.3 Å². The zero-order valence-corrected chi connectivity index (χ0v) is 23.3. The molecule has 0 aliphatic rings. The lowest BCUT2D eigenvalue weighted by molar-refractivity contribution is 0.0975. The van der Waals surface area contributed by atoms with Crippen LogP contribution in [0.5, 0.6) is 11.5 Å². The third-order valence-electron chi connectivity index (χ3n) is 5.97. The first-order valence-electron chi connectivity index (χ1n) is 11.9. The maximum Gasteiger partial charge on any atom is 0.261 e. The number of rotatable bonds is 6. The Bertz CT molecular complexity index is 1680.